The average molecular weight is 159 g/mol. The molecule has 0 radical (unpaired) electrons. The average Bonchev–Trinajstić information content (AvgIpc) is 2.44. The van der Waals surface area contributed by atoms with E-state index < -0.39 is 0 Å². The predicted octanol–water partition coefficient (Wildman–Crippen LogP) is 2.19. The molecule has 2 fully saturated rings. The van der Waals surface area contributed by atoms with Crippen molar-refractivity contribution in [3.63, 3.8) is 0 Å². The van der Waals surface area contributed by atoms with Gasteiger partial charge in [0, 0.05) is 5.92 Å². The first-order chi connectivity index (χ1) is 4.77. The van der Waals surface area contributed by atoms with Crippen molar-refractivity contribution in [3.05, 3.63) is 0 Å². The molecule has 2 heteroatoms. The second-order valence-corrected chi connectivity index (χ2v) is 3.96. The highest BCUT2D eigenvalue weighted by Crippen LogP contribution is 2.48. The van der Waals surface area contributed by atoms with E-state index in [2.05, 4.69) is 0 Å². The highest BCUT2D eigenvalue weighted by atomic mass is 35.5. The van der Waals surface area contributed by atoms with Gasteiger partial charge < -0.3 is 0 Å². The van der Waals surface area contributed by atoms with Crippen LogP contribution in [0, 0.1) is 17.8 Å². The predicted molar refractivity (Wildman–Crippen MR) is 39.8 cm³/mol. The summed E-state index contributed by atoms with van der Waals surface area (Å²) in [5, 5.41) is -0.0906. The van der Waals surface area contributed by atoms with Crippen LogP contribution < -0.4 is 0 Å². The normalized spacial score (nSPS) is 44.3. The van der Waals surface area contributed by atoms with E-state index in [4.69, 9.17) is 11.6 Å². The number of carbonyl (C=O) groups is 1. The van der Waals surface area contributed by atoms with Crippen LogP contribution >= 0.6 is 11.6 Å². The molecular weight excluding hydrogens is 148 g/mol. The molecule has 0 aromatic rings. The lowest BCUT2D eigenvalue weighted by Gasteiger charge is -2.16. The molecule has 2 aliphatic rings. The van der Waals surface area contributed by atoms with Crippen LogP contribution in [-0.4, -0.2) is 5.24 Å². The van der Waals surface area contributed by atoms with Crippen molar-refractivity contribution >= 4 is 16.8 Å². The summed E-state index contributed by atoms with van der Waals surface area (Å²) in [5.41, 5.74) is 0. The Balaban J connectivity index is 2.08. The van der Waals surface area contributed by atoms with Crippen LogP contribution in [0.4, 0.5) is 0 Å². The second kappa shape index (κ2) is 2.23. The Bertz CT molecular complexity index is 167. The molecule has 0 N–H and O–H groups in total. The minimum absolute atomic E-state index is 0.0906. The van der Waals surface area contributed by atoms with Gasteiger partial charge >= 0.3 is 0 Å². The largest absolute Gasteiger partial charge is 0.281 e. The van der Waals surface area contributed by atoms with Gasteiger partial charge in [-0.3, -0.25) is 4.79 Å². The molecular formula is C8H11ClO. The van der Waals surface area contributed by atoms with Gasteiger partial charge in [-0.25, -0.2) is 0 Å². The van der Waals surface area contributed by atoms with E-state index in [0.717, 1.165) is 12.3 Å². The third-order valence-corrected chi connectivity index (χ3v) is 3.31. The Morgan fingerprint density at radius 1 is 1.30 bits per heavy atom. The fraction of sp³-hybridized carbons (Fsp3) is 0.875. The summed E-state index contributed by atoms with van der Waals surface area (Å²) in [6.45, 7) is 0. The Morgan fingerprint density at radius 3 is 2.40 bits per heavy atom. The van der Waals surface area contributed by atoms with E-state index in [0.29, 0.717) is 5.92 Å². The molecule has 0 heterocycles. The van der Waals surface area contributed by atoms with Gasteiger partial charge in [0.25, 0.3) is 0 Å². The van der Waals surface area contributed by atoms with Gasteiger partial charge in [0.2, 0.25) is 5.24 Å². The highest BCUT2D eigenvalue weighted by molar-refractivity contribution is 6.64. The lowest BCUT2D eigenvalue weighted by atomic mass is 9.90. The minimum atomic E-state index is -0.0906. The molecule has 0 spiro atoms. The van der Waals surface area contributed by atoms with Crippen LogP contribution in [0.15, 0.2) is 0 Å². The van der Waals surface area contributed by atoms with Gasteiger partial charge in [-0.15, -0.1) is 0 Å². The van der Waals surface area contributed by atoms with Gasteiger partial charge in [-0.05, 0) is 42.7 Å². The van der Waals surface area contributed by atoms with Crippen LogP contribution in [-0.2, 0) is 4.79 Å². The van der Waals surface area contributed by atoms with Crippen molar-refractivity contribution in [1.29, 1.82) is 0 Å². The molecule has 0 aromatic carbocycles. The van der Waals surface area contributed by atoms with Crippen LogP contribution in [0.25, 0.3) is 0 Å². The molecule has 3 atom stereocenters. The van der Waals surface area contributed by atoms with E-state index in [9.17, 15) is 4.79 Å². The molecule has 2 saturated carbocycles. The quantitative estimate of drug-likeness (QED) is 0.535. The molecule has 0 unspecified atom stereocenters. The van der Waals surface area contributed by atoms with E-state index in [1.54, 1.807) is 0 Å². The van der Waals surface area contributed by atoms with Crippen LogP contribution in [0.1, 0.15) is 25.7 Å². The molecule has 56 valence electrons. The Morgan fingerprint density at radius 2 is 2.10 bits per heavy atom. The third kappa shape index (κ3) is 0.878. The van der Waals surface area contributed by atoms with E-state index in [1.165, 1.54) is 19.3 Å². The maximum Gasteiger partial charge on any atom is 0.225 e. The summed E-state index contributed by atoms with van der Waals surface area (Å²) in [6, 6.07) is 0. The molecule has 2 rings (SSSR count). The summed E-state index contributed by atoms with van der Waals surface area (Å²) in [6.07, 6.45) is 4.93. The summed E-state index contributed by atoms with van der Waals surface area (Å²) >= 11 is 5.44. The first-order valence-electron chi connectivity index (χ1n) is 3.96. The van der Waals surface area contributed by atoms with Crippen molar-refractivity contribution in [1.82, 2.24) is 0 Å². The Kier molecular flexibility index (Phi) is 1.48. The SMILES string of the molecule is O=C(Cl)[C@H]1C[C@H]2CC[C@@H]1C2. The van der Waals surface area contributed by atoms with Crippen molar-refractivity contribution in [2.45, 2.75) is 25.7 Å². The zero-order chi connectivity index (χ0) is 7.14. The van der Waals surface area contributed by atoms with Gasteiger partial charge in [0.1, 0.15) is 0 Å². The second-order valence-electron chi connectivity index (χ2n) is 3.59. The Hall–Kier alpha value is -0.0400. The number of carbonyl (C=O) groups excluding carboxylic acids is 1. The van der Waals surface area contributed by atoms with E-state index in [-0.39, 0.29) is 11.2 Å². The first-order valence-corrected chi connectivity index (χ1v) is 4.34. The van der Waals surface area contributed by atoms with E-state index in [1.807, 2.05) is 0 Å². The van der Waals surface area contributed by atoms with Crippen molar-refractivity contribution in [2.24, 2.45) is 17.8 Å². The number of rotatable bonds is 1. The third-order valence-electron chi connectivity index (χ3n) is 3.03. The minimum Gasteiger partial charge on any atom is -0.281 e. The maximum atomic E-state index is 10.8. The lowest BCUT2D eigenvalue weighted by Crippen LogP contribution is -2.16. The summed E-state index contributed by atoms with van der Waals surface area (Å²) in [7, 11) is 0. The number of hydrogen-bond acceptors (Lipinski definition) is 1. The fourth-order valence-corrected chi connectivity index (χ4v) is 2.79. The fourth-order valence-electron chi connectivity index (χ4n) is 2.52. The highest BCUT2D eigenvalue weighted by Gasteiger charge is 2.42. The monoisotopic (exact) mass is 158 g/mol. The van der Waals surface area contributed by atoms with Gasteiger partial charge in [-0.1, -0.05) is 6.42 Å². The van der Waals surface area contributed by atoms with Crippen LogP contribution in [0.2, 0.25) is 0 Å². The first kappa shape index (κ1) is 6.66. The molecule has 0 amide bonds. The van der Waals surface area contributed by atoms with Crippen molar-refractivity contribution in [3.8, 4) is 0 Å². The maximum absolute atomic E-state index is 10.8. The molecule has 0 aliphatic heterocycles. The smallest absolute Gasteiger partial charge is 0.225 e. The Labute approximate surface area is 65.7 Å². The molecule has 0 saturated heterocycles. The lowest BCUT2D eigenvalue weighted by molar-refractivity contribution is -0.116. The van der Waals surface area contributed by atoms with Gasteiger partial charge in [-0.2, -0.15) is 0 Å². The van der Waals surface area contributed by atoms with Gasteiger partial charge in [0.15, 0.2) is 0 Å². The molecule has 2 aliphatic carbocycles. The number of halogens is 1. The molecule has 2 bridgehead atoms. The molecule has 10 heavy (non-hydrogen) atoms. The number of hydrogen-bond donors (Lipinski definition) is 0. The topological polar surface area (TPSA) is 17.1 Å². The summed E-state index contributed by atoms with van der Waals surface area (Å²) in [4.78, 5) is 10.8. The van der Waals surface area contributed by atoms with Crippen LogP contribution in [0.5, 0.6) is 0 Å². The van der Waals surface area contributed by atoms with Crippen molar-refractivity contribution < 1.29 is 4.79 Å². The zero-order valence-corrected chi connectivity index (χ0v) is 6.60. The molecule has 1 nitrogen and oxygen atoms in total. The standard InChI is InChI=1S/C8H11ClO/c9-8(10)7-4-5-1-2-6(7)3-5/h5-7H,1-4H2/t5-,6+,7-/m0/s1. The summed E-state index contributed by atoms with van der Waals surface area (Å²) in [5.74, 6) is 1.70. The molecule has 0 aromatic heterocycles. The van der Waals surface area contributed by atoms with Crippen LogP contribution in [0.3, 0.4) is 0 Å². The van der Waals surface area contributed by atoms with E-state index >= 15 is 0 Å². The van der Waals surface area contributed by atoms with Gasteiger partial charge in [0.05, 0.1) is 0 Å². The zero-order valence-electron chi connectivity index (χ0n) is 5.85. The summed E-state index contributed by atoms with van der Waals surface area (Å²) < 4.78 is 0. The number of fused-ring (bicyclic) bond motifs is 2. The van der Waals surface area contributed by atoms with Crippen molar-refractivity contribution in [2.75, 3.05) is 0 Å².